The van der Waals surface area contributed by atoms with Crippen LogP contribution in [0.15, 0.2) is 18.2 Å². The minimum atomic E-state index is 0.295. The van der Waals surface area contributed by atoms with E-state index in [1.807, 2.05) is 0 Å². The third-order valence-electron chi connectivity index (χ3n) is 6.67. The minimum Gasteiger partial charge on any atom is -0.396 e. The molecule has 2 aliphatic heterocycles. The molecular formula is C23H39N3O. The largest absolute Gasteiger partial charge is 0.396 e. The zero-order chi connectivity index (χ0) is 19.4. The Hall–Kier alpha value is -0.940. The molecule has 3 rings (SSSR count). The topological polar surface area (TPSA) is 30.0 Å². The fourth-order valence-electron chi connectivity index (χ4n) is 4.91. The average Bonchev–Trinajstić information content (AvgIpc) is 2.65. The van der Waals surface area contributed by atoms with E-state index >= 15 is 0 Å². The lowest BCUT2D eigenvalue weighted by atomic mass is 9.97. The van der Waals surface area contributed by atoms with E-state index in [0.717, 1.165) is 32.6 Å². The molecule has 0 bridgehead atoms. The highest BCUT2D eigenvalue weighted by atomic mass is 16.3. The standard InChI is InChI=1S/C23H39N3O/c1-18(2)25-10-7-22(8-11-25)26-13-12-24(17-23(26)9-14-27)16-21-15-19(3)5-6-20(21)4/h5-6,15,18,22-23,27H,7-14,16-17H2,1-4H3/t23-/m1/s1. The fourth-order valence-corrected chi connectivity index (χ4v) is 4.91. The number of hydrogen-bond donors (Lipinski definition) is 1. The summed E-state index contributed by atoms with van der Waals surface area (Å²) in [7, 11) is 0. The number of aliphatic hydroxyl groups excluding tert-OH is 1. The van der Waals surface area contributed by atoms with Crippen LogP contribution >= 0.6 is 0 Å². The van der Waals surface area contributed by atoms with Gasteiger partial charge in [0.25, 0.3) is 0 Å². The van der Waals surface area contributed by atoms with Gasteiger partial charge in [-0.3, -0.25) is 9.80 Å². The van der Waals surface area contributed by atoms with Gasteiger partial charge in [-0.25, -0.2) is 0 Å². The Balaban J connectivity index is 1.61. The molecular weight excluding hydrogens is 334 g/mol. The molecule has 4 heteroatoms. The fraction of sp³-hybridized carbons (Fsp3) is 0.739. The number of nitrogens with zero attached hydrogens (tertiary/aromatic N) is 3. The van der Waals surface area contributed by atoms with Crippen molar-refractivity contribution >= 4 is 0 Å². The highest BCUT2D eigenvalue weighted by Crippen LogP contribution is 2.25. The van der Waals surface area contributed by atoms with Crippen LogP contribution in [0.1, 0.15) is 49.8 Å². The summed E-state index contributed by atoms with van der Waals surface area (Å²) in [5.41, 5.74) is 4.19. The number of piperazine rings is 1. The lowest BCUT2D eigenvalue weighted by Gasteiger charge is -2.48. The van der Waals surface area contributed by atoms with Gasteiger partial charge in [0, 0.05) is 50.9 Å². The van der Waals surface area contributed by atoms with Crippen molar-refractivity contribution < 1.29 is 5.11 Å². The van der Waals surface area contributed by atoms with Crippen LogP contribution in [0.2, 0.25) is 0 Å². The molecule has 0 aromatic heterocycles. The molecule has 0 saturated carbocycles. The van der Waals surface area contributed by atoms with Crippen LogP contribution in [-0.2, 0) is 6.54 Å². The van der Waals surface area contributed by atoms with Gasteiger partial charge in [0.15, 0.2) is 0 Å². The van der Waals surface area contributed by atoms with Crippen molar-refractivity contribution in [1.82, 2.24) is 14.7 Å². The first-order valence-electron chi connectivity index (χ1n) is 10.9. The van der Waals surface area contributed by atoms with Crippen molar-refractivity contribution in [1.29, 1.82) is 0 Å². The molecule has 0 spiro atoms. The summed E-state index contributed by atoms with van der Waals surface area (Å²) in [6.07, 6.45) is 3.45. The highest BCUT2D eigenvalue weighted by molar-refractivity contribution is 5.30. The first-order chi connectivity index (χ1) is 13.0. The molecule has 0 radical (unpaired) electrons. The third-order valence-corrected chi connectivity index (χ3v) is 6.67. The summed E-state index contributed by atoms with van der Waals surface area (Å²) in [6, 6.07) is 8.63. The smallest absolute Gasteiger partial charge is 0.0446 e. The summed E-state index contributed by atoms with van der Waals surface area (Å²) in [5, 5.41) is 9.65. The Labute approximate surface area is 166 Å². The number of rotatable bonds is 6. The van der Waals surface area contributed by atoms with E-state index in [-0.39, 0.29) is 0 Å². The Kier molecular flexibility index (Phi) is 7.32. The summed E-state index contributed by atoms with van der Waals surface area (Å²) in [6.45, 7) is 16.1. The molecule has 1 atom stereocenters. The molecule has 27 heavy (non-hydrogen) atoms. The lowest BCUT2D eigenvalue weighted by Crippen LogP contribution is -2.58. The number of likely N-dealkylation sites (tertiary alicyclic amines) is 1. The van der Waals surface area contributed by atoms with Gasteiger partial charge in [-0.05, 0) is 71.2 Å². The molecule has 2 fully saturated rings. The molecule has 0 amide bonds. The second-order valence-corrected chi connectivity index (χ2v) is 8.93. The molecule has 2 saturated heterocycles. The van der Waals surface area contributed by atoms with E-state index in [2.05, 4.69) is 60.6 Å². The van der Waals surface area contributed by atoms with Gasteiger partial charge in [0.2, 0.25) is 0 Å². The molecule has 2 heterocycles. The molecule has 2 aliphatic rings. The summed E-state index contributed by atoms with van der Waals surface area (Å²) >= 11 is 0. The first kappa shape index (κ1) is 20.8. The average molecular weight is 374 g/mol. The summed E-state index contributed by atoms with van der Waals surface area (Å²) < 4.78 is 0. The van der Waals surface area contributed by atoms with Crippen molar-refractivity contribution in [3.05, 3.63) is 34.9 Å². The van der Waals surface area contributed by atoms with Gasteiger partial charge in [-0.15, -0.1) is 0 Å². The number of benzene rings is 1. The lowest BCUT2D eigenvalue weighted by molar-refractivity contribution is -0.0000785. The number of piperidine rings is 1. The van der Waals surface area contributed by atoms with Gasteiger partial charge < -0.3 is 10.0 Å². The van der Waals surface area contributed by atoms with E-state index in [4.69, 9.17) is 0 Å². The quantitative estimate of drug-likeness (QED) is 0.830. The maximum absolute atomic E-state index is 9.65. The summed E-state index contributed by atoms with van der Waals surface area (Å²) in [4.78, 5) is 7.93. The van der Waals surface area contributed by atoms with Crippen molar-refractivity contribution in [3.8, 4) is 0 Å². The molecule has 4 nitrogen and oxygen atoms in total. The van der Waals surface area contributed by atoms with Gasteiger partial charge in [-0.2, -0.15) is 0 Å². The van der Waals surface area contributed by atoms with Crippen molar-refractivity contribution in [2.75, 3.05) is 39.3 Å². The molecule has 0 unspecified atom stereocenters. The van der Waals surface area contributed by atoms with Crippen LogP contribution in [0.25, 0.3) is 0 Å². The van der Waals surface area contributed by atoms with Crippen molar-refractivity contribution in [2.45, 2.75) is 71.6 Å². The normalized spacial score (nSPS) is 24.0. The molecule has 1 aromatic carbocycles. The highest BCUT2D eigenvalue weighted by Gasteiger charge is 2.33. The van der Waals surface area contributed by atoms with E-state index in [1.54, 1.807) is 0 Å². The van der Waals surface area contributed by atoms with E-state index in [1.165, 1.54) is 42.6 Å². The number of aliphatic hydroxyl groups is 1. The van der Waals surface area contributed by atoms with E-state index < -0.39 is 0 Å². The van der Waals surface area contributed by atoms with Crippen LogP contribution in [0.4, 0.5) is 0 Å². The number of aryl methyl sites for hydroxylation is 2. The van der Waals surface area contributed by atoms with Gasteiger partial charge in [0.05, 0.1) is 0 Å². The van der Waals surface area contributed by atoms with Crippen LogP contribution in [-0.4, -0.2) is 77.3 Å². The van der Waals surface area contributed by atoms with Gasteiger partial charge >= 0.3 is 0 Å². The predicted octanol–water partition coefficient (Wildman–Crippen LogP) is 3.04. The Bertz CT molecular complexity index is 595. The van der Waals surface area contributed by atoms with Gasteiger partial charge in [-0.1, -0.05) is 23.8 Å². The maximum atomic E-state index is 9.65. The Morgan fingerprint density at radius 2 is 1.81 bits per heavy atom. The van der Waals surface area contributed by atoms with Crippen molar-refractivity contribution in [3.63, 3.8) is 0 Å². The predicted molar refractivity (Wildman–Crippen MR) is 113 cm³/mol. The van der Waals surface area contributed by atoms with E-state index in [9.17, 15) is 5.11 Å². The van der Waals surface area contributed by atoms with Crippen LogP contribution in [0, 0.1) is 13.8 Å². The minimum absolute atomic E-state index is 0.295. The second-order valence-electron chi connectivity index (χ2n) is 8.93. The van der Waals surface area contributed by atoms with Crippen LogP contribution < -0.4 is 0 Å². The monoisotopic (exact) mass is 373 g/mol. The maximum Gasteiger partial charge on any atom is 0.0446 e. The molecule has 152 valence electrons. The number of hydrogen-bond acceptors (Lipinski definition) is 4. The Morgan fingerprint density at radius 3 is 2.48 bits per heavy atom. The zero-order valence-electron chi connectivity index (χ0n) is 17.8. The van der Waals surface area contributed by atoms with Crippen LogP contribution in [0.3, 0.4) is 0 Å². The van der Waals surface area contributed by atoms with E-state index in [0.29, 0.717) is 24.7 Å². The molecule has 1 N–H and O–H groups in total. The zero-order valence-corrected chi connectivity index (χ0v) is 17.8. The van der Waals surface area contributed by atoms with Crippen LogP contribution in [0.5, 0.6) is 0 Å². The first-order valence-corrected chi connectivity index (χ1v) is 10.9. The summed E-state index contributed by atoms with van der Waals surface area (Å²) in [5.74, 6) is 0. The molecule has 1 aromatic rings. The second kappa shape index (κ2) is 9.51. The third kappa shape index (κ3) is 5.32. The van der Waals surface area contributed by atoms with Gasteiger partial charge in [0.1, 0.15) is 0 Å². The SMILES string of the molecule is Cc1ccc(C)c(CN2CCN(C3CCN(C(C)C)CC3)[C@H](CCO)C2)c1. The molecule has 0 aliphatic carbocycles. The van der Waals surface area contributed by atoms with Crippen molar-refractivity contribution in [2.24, 2.45) is 0 Å². The Morgan fingerprint density at radius 1 is 1.07 bits per heavy atom.